The summed E-state index contributed by atoms with van der Waals surface area (Å²) >= 11 is 7.48. The van der Waals surface area contributed by atoms with Crippen LogP contribution in [0.2, 0.25) is 4.34 Å². The number of nitrogens with one attached hydrogen (secondary N) is 1. The van der Waals surface area contributed by atoms with E-state index in [1.165, 1.54) is 4.88 Å². The number of halogens is 1. The predicted octanol–water partition coefficient (Wildman–Crippen LogP) is 3.07. The van der Waals surface area contributed by atoms with Crippen molar-refractivity contribution in [3.05, 3.63) is 21.3 Å². The van der Waals surface area contributed by atoms with Crippen molar-refractivity contribution in [1.82, 2.24) is 5.32 Å². The van der Waals surface area contributed by atoms with Gasteiger partial charge >= 0.3 is 0 Å². The van der Waals surface area contributed by atoms with Crippen LogP contribution < -0.4 is 5.32 Å². The Morgan fingerprint density at radius 3 is 2.53 bits per heavy atom. The van der Waals surface area contributed by atoms with Gasteiger partial charge in [-0.3, -0.25) is 0 Å². The molecular formula is C11H18ClNOS. The predicted molar refractivity (Wildman–Crippen MR) is 66.6 cm³/mol. The normalized spacial score (nSPS) is 17.4. The smallest absolute Gasteiger partial charge is 0.0931 e. The zero-order valence-corrected chi connectivity index (χ0v) is 10.9. The van der Waals surface area contributed by atoms with E-state index in [0.29, 0.717) is 6.04 Å². The molecule has 0 aliphatic carbocycles. The minimum absolute atomic E-state index is 0.214. The lowest BCUT2D eigenvalue weighted by Crippen LogP contribution is -2.35. The molecule has 0 radical (unpaired) electrons. The molecule has 15 heavy (non-hydrogen) atoms. The second-order valence-electron chi connectivity index (χ2n) is 3.98. The highest BCUT2D eigenvalue weighted by molar-refractivity contribution is 7.16. The lowest BCUT2D eigenvalue weighted by Gasteiger charge is -2.23. The lowest BCUT2D eigenvalue weighted by molar-refractivity contribution is 0.202. The van der Waals surface area contributed by atoms with Crippen LogP contribution in [-0.4, -0.2) is 17.8 Å². The van der Waals surface area contributed by atoms with Crippen LogP contribution in [0.25, 0.3) is 0 Å². The fourth-order valence-electron chi connectivity index (χ4n) is 1.36. The van der Waals surface area contributed by atoms with E-state index in [9.17, 15) is 0 Å². The first-order chi connectivity index (χ1) is 7.04. The van der Waals surface area contributed by atoms with Crippen LogP contribution in [0.5, 0.6) is 0 Å². The first kappa shape index (κ1) is 13.0. The van der Waals surface area contributed by atoms with Crippen molar-refractivity contribution < 1.29 is 5.11 Å². The van der Waals surface area contributed by atoms with E-state index >= 15 is 0 Å². The standard InChI is InChI=1S/C11H18ClNOS/c1-7(6-14)8(2)13-9(3)10-4-5-11(12)15-10/h4-5,7-9,13-14H,6H2,1-3H3. The molecule has 1 aromatic rings. The number of hydrogen-bond donors (Lipinski definition) is 2. The summed E-state index contributed by atoms with van der Waals surface area (Å²) in [6, 6.07) is 4.54. The topological polar surface area (TPSA) is 32.3 Å². The quantitative estimate of drug-likeness (QED) is 0.838. The van der Waals surface area contributed by atoms with E-state index in [-0.39, 0.29) is 18.6 Å². The van der Waals surface area contributed by atoms with Gasteiger partial charge in [-0.25, -0.2) is 0 Å². The molecule has 86 valence electrons. The van der Waals surface area contributed by atoms with E-state index in [4.69, 9.17) is 16.7 Å². The zero-order chi connectivity index (χ0) is 11.4. The summed E-state index contributed by atoms with van der Waals surface area (Å²) in [6.45, 7) is 6.45. The SMILES string of the molecule is CC(NC(C)C(C)CO)c1ccc(Cl)s1. The van der Waals surface area contributed by atoms with Gasteiger partial charge in [-0.05, 0) is 31.9 Å². The molecule has 0 aromatic carbocycles. The summed E-state index contributed by atoms with van der Waals surface area (Å²) in [4.78, 5) is 1.23. The molecule has 0 fully saturated rings. The third-order valence-electron chi connectivity index (χ3n) is 2.68. The Bertz CT molecular complexity index is 303. The Kier molecular flexibility index (Phi) is 5.06. The molecule has 0 amide bonds. The van der Waals surface area contributed by atoms with Gasteiger partial charge < -0.3 is 10.4 Å². The largest absolute Gasteiger partial charge is 0.396 e. The summed E-state index contributed by atoms with van der Waals surface area (Å²) in [6.07, 6.45) is 0. The summed E-state index contributed by atoms with van der Waals surface area (Å²) < 4.78 is 0.821. The van der Waals surface area contributed by atoms with E-state index in [1.54, 1.807) is 11.3 Å². The number of thiophene rings is 1. The molecular weight excluding hydrogens is 230 g/mol. The van der Waals surface area contributed by atoms with Crippen molar-refractivity contribution in [2.45, 2.75) is 32.9 Å². The molecule has 4 heteroatoms. The van der Waals surface area contributed by atoms with Crippen LogP contribution >= 0.6 is 22.9 Å². The van der Waals surface area contributed by atoms with Gasteiger partial charge in [-0.2, -0.15) is 0 Å². The molecule has 2 N–H and O–H groups in total. The molecule has 0 aliphatic rings. The molecule has 0 bridgehead atoms. The molecule has 1 aromatic heterocycles. The first-order valence-corrected chi connectivity index (χ1v) is 6.36. The Hall–Kier alpha value is -0.0900. The summed E-state index contributed by atoms with van der Waals surface area (Å²) in [5.41, 5.74) is 0. The van der Waals surface area contributed by atoms with Gasteiger partial charge in [-0.1, -0.05) is 18.5 Å². The van der Waals surface area contributed by atoms with Gasteiger partial charge in [-0.15, -0.1) is 11.3 Å². The van der Waals surface area contributed by atoms with Crippen molar-refractivity contribution in [2.24, 2.45) is 5.92 Å². The maximum absolute atomic E-state index is 9.03. The maximum Gasteiger partial charge on any atom is 0.0931 e. The molecule has 1 rings (SSSR count). The average molecular weight is 248 g/mol. The van der Waals surface area contributed by atoms with Crippen LogP contribution in [0.15, 0.2) is 12.1 Å². The van der Waals surface area contributed by atoms with Gasteiger partial charge in [0.25, 0.3) is 0 Å². The Morgan fingerprint density at radius 2 is 2.07 bits per heavy atom. The molecule has 0 saturated heterocycles. The van der Waals surface area contributed by atoms with Crippen molar-refractivity contribution in [1.29, 1.82) is 0 Å². The molecule has 2 nitrogen and oxygen atoms in total. The van der Waals surface area contributed by atoms with Crippen LogP contribution in [0.1, 0.15) is 31.7 Å². The van der Waals surface area contributed by atoms with E-state index < -0.39 is 0 Å². The monoisotopic (exact) mass is 247 g/mol. The van der Waals surface area contributed by atoms with Crippen LogP contribution in [0.3, 0.4) is 0 Å². The molecule has 3 atom stereocenters. The zero-order valence-electron chi connectivity index (χ0n) is 9.33. The van der Waals surface area contributed by atoms with Gasteiger partial charge in [0, 0.05) is 23.6 Å². The van der Waals surface area contributed by atoms with Crippen LogP contribution in [0.4, 0.5) is 0 Å². The molecule has 0 aliphatic heterocycles. The van der Waals surface area contributed by atoms with Gasteiger partial charge in [0.1, 0.15) is 0 Å². The van der Waals surface area contributed by atoms with E-state index in [2.05, 4.69) is 19.2 Å². The van der Waals surface area contributed by atoms with Gasteiger partial charge in [0.15, 0.2) is 0 Å². The lowest BCUT2D eigenvalue weighted by atomic mass is 10.0. The van der Waals surface area contributed by atoms with Crippen molar-refractivity contribution >= 4 is 22.9 Å². The second kappa shape index (κ2) is 5.85. The fourth-order valence-corrected chi connectivity index (χ4v) is 2.43. The average Bonchev–Trinajstić information content (AvgIpc) is 2.63. The summed E-state index contributed by atoms with van der Waals surface area (Å²) in [5, 5.41) is 12.5. The van der Waals surface area contributed by atoms with Gasteiger partial charge in [0.2, 0.25) is 0 Å². The molecule has 3 unspecified atom stereocenters. The summed E-state index contributed by atoms with van der Waals surface area (Å²) in [5.74, 6) is 0.267. The first-order valence-electron chi connectivity index (χ1n) is 5.16. The highest BCUT2D eigenvalue weighted by Crippen LogP contribution is 2.27. The maximum atomic E-state index is 9.03. The third-order valence-corrected chi connectivity index (χ3v) is 4.09. The van der Waals surface area contributed by atoms with Crippen molar-refractivity contribution in [3.63, 3.8) is 0 Å². The van der Waals surface area contributed by atoms with E-state index in [1.807, 2.05) is 19.1 Å². The Balaban J connectivity index is 2.52. The number of hydrogen-bond acceptors (Lipinski definition) is 3. The van der Waals surface area contributed by atoms with Crippen molar-refractivity contribution in [3.8, 4) is 0 Å². The number of rotatable bonds is 5. The molecule has 1 heterocycles. The third kappa shape index (κ3) is 3.76. The molecule has 0 saturated carbocycles. The second-order valence-corrected chi connectivity index (χ2v) is 5.73. The molecule has 0 spiro atoms. The van der Waals surface area contributed by atoms with Gasteiger partial charge in [0.05, 0.1) is 4.34 Å². The highest BCUT2D eigenvalue weighted by atomic mass is 35.5. The van der Waals surface area contributed by atoms with Crippen molar-refractivity contribution in [2.75, 3.05) is 6.61 Å². The minimum atomic E-state index is 0.214. The Labute approximate surface area is 100 Å². The highest BCUT2D eigenvalue weighted by Gasteiger charge is 2.15. The number of aliphatic hydroxyl groups excluding tert-OH is 1. The minimum Gasteiger partial charge on any atom is -0.396 e. The summed E-state index contributed by atoms with van der Waals surface area (Å²) in [7, 11) is 0. The Morgan fingerprint density at radius 1 is 1.40 bits per heavy atom. The number of aliphatic hydroxyl groups is 1. The van der Waals surface area contributed by atoms with Crippen LogP contribution in [0, 0.1) is 5.92 Å². The van der Waals surface area contributed by atoms with Crippen LogP contribution in [-0.2, 0) is 0 Å². The van der Waals surface area contributed by atoms with E-state index in [0.717, 1.165) is 4.34 Å². The fraction of sp³-hybridized carbons (Fsp3) is 0.636.